The zero-order valence-electron chi connectivity index (χ0n) is 14.9. The van der Waals surface area contributed by atoms with Crippen LogP contribution in [0, 0.1) is 5.92 Å². The fourth-order valence-electron chi connectivity index (χ4n) is 2.97. The second kappa shape index (κ2) is 7.11. The number of rotatable bonds is 6. The smallest absolute Gasteiger partial charge is 0.481 e. The number of aliphatic hydroxyl groups is 1. The summed E-state index contributed by atoms with van der Waals surface area (Å²) in [6.45, 7) is 6.72. The summed E-state index contributed by atoms with van der Waals surface area (Å²) in [4.78, 5) is 7.84. The zero-order valence-corrected chi connectivity index (χ0v) is 14.9. The molecule has 0 spiro atoms. The highest BCUT2D eigenvalue weighted by molar-refractivity contribution is 5.40. The quantitative estimate of drug-likeness (QED) is 0.830. The van der Waals surface area contributed by atoms with Crippen LogP contribution in [0.15, 0.2) is 43.0 Å². The normalized spacial score (nSPS) is 14.8. The van der Waals surface area contributed by atoms with Gasteiger partial charge in [0, 0.05) is 18.0 Å². The number of nitrogens with zero attached hydrogens (tertiary/aromatic N) is 2. The first-order valence-corrected chi connectivity index (χ1v) is 7.99. The van der Waals surface area contributed by atoms with Crippen LogP contribution in [0.4, 0.5) is 13.2 Å². The Morgan fingerprint density at radius 1 is 0.962 bits per heavy atom. The van der Waals surface area contributed by atoms with E-state index in [4.69, 9.17) is 4.74 Å². The van der Waals surface area contributed by atoms with Crippen LogP contribution in [-0.2, 0) is 5.60 Å². The van der Waals surface area contributed by atoms with Gasteiger partial charge in [0.1, 0.15) is 17.5 Å². The summed E-state index contributed by atoms with van der Waals surface area (Å²) in [7, 11) is 0. The summed E-state index contributed by atoms with van der Waals surface area (Å²) < 4.78 is 47.8. The molecule has 0 bridgehead atoms. The summed E-state index contributed by atoms with van der Waals surface area (Å²) in [6, 6.07) is 5.43. The molecule has 2 rings (SSSR count). The molecule has 0 radical (unpaired) electrons. The molecular formula is C18H21F3N2O3. The van der Waals surface area contributed by atoms with E-state index in [1.165, 1.54) is 36.9 Å². The maximum absolute atomic E-state index is 12.6. The Hall–Kier alpha value is -2.35. The molecule has 0 saturated carbocycles. The number of aromatic nitrogens is 2. The second-order valence-corrected chi connectivity index (χ2v) is 6.66. The average Bonchev–Trinajstić information content (AvgIpc) is 2.55. The number of ether oxygens (including phenoxy) is 2. The number of hydrogen-bond acceptors (Lipinski definition) is 5. The van der Waals surface area contributed by atoms with E-state index in [0.717, 1.165) is 6.07 Å². The van der Waals surface area contributed by atoms with E-state index in [1.807, 2.05) is 0 Å². The zero-order chi connectivity index (χ0) is 19.6. The maximum atomic E-state index is 12.6. The summed E-state index contributed by atoms with van der Waals surface area (Å²) in [5.74, 6) is -0.964. The van der Waals surface area contributed by atoms with Gasteiger partial charge >= 0.3 is 6.36 Å². The van der Waals surface area contributed by atoms with Crippen molar-refractivity contribution in [2.45, 2.75) is 45.3 Å². The molecule has 1 aromatic heterocycles. The van der Waals surface area contributed by atoms with Crippen LogP contribution >= 0.6 is 0 Å². The monoisotopic (exact) mass is 370 g/mol. The van der Waals surface area contributed by atoms with Gasteiger partial charge in [-0.05, 0) is 31.9 Å². The van der Waals surface area contributed by atoms with Crippen molar-refractivity contribution >= 4 is 0 Å². The average molecular weight is 370 g/mol. The van der Waals surface area contributed by atoms with Gasteiger partial charge in [0.25, 0.3) is 0 Å². The van der Waals surface area contributed by atoms with Crippen molar-refractivity contribution in [3.8, 4) is 11.5 Å². The molecule has 2 aromatic rings. The van der Waals surface area contributed by atoms with E-state index in [1.54, 1.807) is 27.7 Å². The third-order valence-electron chi connectivity index (χ3n) is 4.19. The third kappa shape index (κ3) is 4.07. The Balaban J connectivity index is 2.44. The fourth-order valence-corrected chi connectivity index (χ4v) is 2.97. The largest absolute Gasteiger partial charge is 0.573 e. The fraction of sp³-hybridized carbons (Fsp3) is 0.444. The predicted molar refractivity (Wildman–Crippen MR) is 88.6 cm³/mol. The summed E-state index contributed by atoms with van der Waals surface area (Å²) in [5, 5.41) is 11.4. The third-order valence-corrected chi connectivity index (χ3v) is 4.19. The molecule has 0 aliphatic carbocycles. The minimum Gasteiger partial charge on any atom is -0.481 e. The van der Waals surface area contributed by atoms with Crippen molar-refractivity contribution in [3.05, 3.63) is 48.5 Å². The van der Waals surface area contributed by atoms with Crippen molar-refractivity contribution in [1.82, 2.24) is 9.97 Å². The summed E-state index contributed by atoms with van der Waals surface area (Å²) in [6.07, 6.45) is -0.623. The molecule has 0 aliphatic heterocycles. The molecule has 8 heteroatoms. The molecule has 1 unspecified atom stereocenters. The van der Waals surface area contributed by atoms with Crippen molar-refractivity contribution in [3.63, 3.8) is 0 Å². The molecule has 1 aromatic carbocycles. The molecule has 0 fully saturated rings. The van der Waals surface area contributed by atoms with Gasteiger partial charge in [-0.3, -0.25) is 0 Å². The molecule has 0 saturated heterocycles. The van der Waals surface area contributed by atoms with E-state index >= 15 is 0 Å². The SMILES string of the molecule is CC(C)C(O)(c1cncnc1)C(C)(C)Oc1ccccc1OC(F)(F)F. The lowest BCUT2D eigenvalue weighted by molar-refractivity contribution is -0.275. The van der Waals surface area contributed by atoms with Crippen LogP contribution in [0.5, 0.6) is 11.5 Å². The van der Waals surface area contributed by atoms with E-state index in [0.29, 0.717) is 5.56 Å². The lowest BCUT2D eigenvalue weighted by atomic mass is 9.73. The highest BCUT2D eigenvalue weighted by atomic mass is 19.4. The molecule has 1 atom stereocenters. The number of para-hydroxylation sites is 2. The van der Waals surface area contributed by atoms with Gasteiger partial charge in [-0.25, -0.2) is 9.97 Å². The summed E-state index contributed by atoms with van der Waals surface area (Å²) >= 11 is 0. The molecular weight excluding hydrogens is 349 g/mol. The first kappa shape index (κ1) is 20.0. The molecule has 0 aliphatic rings. The van der Waals surface area contributed by atoms with Gasteiger partial charge in [0.05, 0.1) is 0 Å². The van der Waals surface area contributed by atoms with Crippen molar-refractivity contribution in [1.29, 1.82) is 0 Å². The standard InChI is InChI=1S/C18H21F3N2O3/c1-12(2)17(24,13-9-22-11-23-10-13)16(3,4)25-14-7-5-6-8-15(14)26-18(19,20)21/h5-12,24H,1-4H3. The summed E-state index contributed by atoms with van der Waals surface area (Å²) in [5.41, 5.74) is -2.49. The van der Waals surface area contributed by atoms with Gasteiger partial charge in [0.15, 0.2) is 11.5 Å². The van der Waals surface area contributed by atoms with Gasteiger partial charge in [-0.1, -0.05) is 26.0 Å². The van der Waals surface area contributed by atoms with Crippen LogP contribution < -0.4 is 9.47 Å². The van der Waals surface area contributed by atoms with E-state index in [2.05, 4.69) is 14.7 Å². The number of hydrogen-bond donors (Lipinski definition) is 1. The van der Waals surface area contributed by atoms with Crippen LogP contribution in [0.3, 0.4) is 0 Å². The van der Waals surface area contributed by atoms with E-state index < -0.39 is 23.3 Å². The number of benzene rings is 1. The molecule has 1 N–H and O–H groups in total. The van der Waals surface area contributed by atoms with Gasteiger partial charge in [0.2, 0.25) is 0 Å². The van der Waals surface area contributed by atoms with Gasteiger partial charge in [-0.15, -0.1) is 13.2 Å². The highest BCUT2D eigenvalue weighted by Crippen LogP contribution is 2.44. The van der Waals surface area contributed by atoms with Crippen LogP contribution in [0.2, 0.25) is 0 Å². The van der Waals surface area contributed by atoms with Crippen LogP contribution in [0.25, 0.3) is 0 Å². The van der Waals surface area contributed by atoms with E-state index in [-0.39, 0.29) is 11.7 Å². The lowest BCUT2D eigenvalue weighted by Crippen LogP contribution is -2.55. The van der Waals surface area contributed by atoms with Crippen molar-refractivity contribution < 1.29 is 27.8 Å². The second-order valence-electron chi connectivity index (χ2n) is 6.66. The van der Waals surface area contributed by atoms with Crippen LogP contribution in [0.1, 0.15) is 33.3 Å². The van der Waals surface area contributed by atoms with E-state index in [9.17, 15) is 18.3 Å². The molecule has 0 amide bonds. The highest BCUT2D eigenvalue weighted by Gasteiger charge is 2.50. The predicted octanol–water partition coefficient (Wildman–Crippen LogP) is 4.08. The molecule has 5 nitrogen and oxygen atoms in total. The molecule has 142 valence electrons. The Morgan fingerprint density at radius 3 is 1.92 bits per heavy atom. The number of halogens is 3. The Bertz CT molecular complexity index is 736. The minimum absolute atomic E-state index is 0.134. The Labute approximate surface area is 149 Å². The molecule has 26 heavy (non-hydrogen) atoms. The first-order chi connectivity index (χ1) is 12.0. The number of alkyl halides is 3. The topological polar surface area (TPSA) is 64.5 Å². The Morgan fingerprint density at radius 2 is 1.46 bits per heavy atom. The minimum atomic E-state index is -4.86. The van der Waals surface area contributed by atoms with Gasteiger partial charge < -0.3 is 14.6 Å². The van der Waals surface area contributed by atoms with Gasteiger partial charge in [-0.2, -0.15) is 0 Å². The molecule has 1 heterocycles. The maximum Gasteiger partial charge on any atom is 0.573 e. The van der Waals surface area contributed by atoms with Crippen LogP contribution in [-0.4, -0.2) is 27.0 Å². The van der Waals surface area contributed by atoms with Crippen molar-refractivity contribution in [2.24, 2.45) is 5.92 Å². The lowest BCUT2D eigenvalue weighted by Gasteiger charge is -2.45. The first-order valence-electron chi connectivity index (χ1n) is 7.99. The Kier molecular flexibility index (Phi) is 5.46. The van der Waals surface area contributed by atoms with Crippen molar-refractivity contribution in [2.75, 3.05) is 0 Å².